The third-order valence-electron chi connectivity index (χ3n) is 4.29. The van der Waals surface area contributed by atoms with Crippen molar-refractivity contribution in [2.45, 2.75) is 33.7 Å². The van der Waals surface area contributed by atoms with Crippen molar-refractivity contribution in [2.75, 3.05) is 0 Å². The standard InChI is InChI=1S/C17H21N3O/c1-9-6-7-13-10(2)17(21-14(13)8-9)16(18)15-11(3)19-20(5)12(15)4/h6-8,16H,18H2,1-5H3. The highest BCUT2D eigenvalue weighted by Gasteiger charge is 2.24. The van der Waals surface area contributed by atoms with Crippen molar-refractivity contribution in [2.24, 2.45) is 12.8 Å². The molecule has 1 atom stereocenters. The van der Waals surface area contributed by atoms with E-state index in [1.54, 1.807) is 0 Å². The summed E-state index contributed by atoms with van der Waals surface area (Å²) in [6.45, 7) is 8.16. The summed E-state index contributed by atoms with van der Waals surface area (Å²) in [5.74, 6) is 0.829. The lowest BCUT2D eigenvalue weighted by Crippen LogP contribution is -2.14. The van der Waals surface area contributed by atoms with Gasteiger partial charge < -0.3 is 10.2 Å². The normalized spacial score (nSPS) is 13.0. The number of rotatable bonds is 2. The Bertz CT molecular complexity index is 826. The van der Waals surface area contributed by atoms with Crippen LogP contribution in [-0.2, 0) is 7.05 Å². The van der Waals surface area contributed by atoms with Crippen LogP contribution in [0.3, 0.4) is 0 Å². The number of hydrogen-bond acceptors (Lipinski definition) is 3. The van der Waals surface area contributed by atoms with Gasteiger partial charge in [-0.05, 0) is 39.3 Å². The zero-order valence-electron chi connectivity index (χ0n) is 13.2. The van der Waals surface area contributed by atoms with Crippen LogP contribution in [0.4, 0.5) is 0 Å². The van der Waals surface area contributed by atoms with Crippen molar-refractivity contribution in [3.05, 3.63) is 52.0 Å². The molecule has 0 fully saturated rings. The summed E-state index contributed by atoms with van der Waals surface area (Å²) in [5, 5.41) is 5.58. The van der Waals surface area contributed by atoms with E-state index in [4.69, 9.17) is 10.2 Å². The monoisotopic (exact) mass is 283 g/mol. The lowest BCUT2D eigenvalue weighted by atomic mass is 10.00. The predicted molar refractivity (Wildman–Crippen MR) is 84.4 cm³/mol. The molecular formula is C17H21N3O. The number of fused-ring (bicyclic) bond motifs is 1. The third-order valence-corrected chi connectivity index (χ3v) is 4.29. The molecule has 3 aromatic rings. The number of aromatic nitrogens is 2. The summed E-state index contributed by atoms with van der Waals surface area (Å²) in [4.78, 5) is 0. The molecule has 4 nitrogen and oxygen atoms in total. The summed E-state index contributed by atoms with van der Waals surface area (Å²) >= 11 is 0. The van der Waals surface area contributed by atoms with Gasteiger partial charge in [0.1, 0.15) is 11.3 Å². The summed E-state index contributed by atoms with van der Waals surface area (Å²) < 4.78 is 7.92. The van der Waals surface area contributed by atoms with Crippen LogP contribution < -0.4 is 5.73 Å². The molecule has 0 saturated heterocycles. The maximum absolute atomic E-state index is 6.49. The maximum Gasteiger partial charge on any atom is 0.134 e. The Morgan fingerprint density at radius 1 is 1.19 bits per heavy atom. The fourth-order valence-corrected chi connectivity index (χ4v) is 3.02. The number of aryl methyl sites for hydroxylation is 4. The molecule has 0 radical (unpaired) electrons. The molecule has 2 N–H and O–H groups in total. The van der Waals surface area contributed by atoms with E-state index >= 15 is 0 Å². The van der Waals surface area contributed by atoms with Gasteiger partial charge in [-0.15, -0.1) is 0 Å². The molecule has 3 rings (SSSR count). The van der Waals surface area contributed by atoms with Gasteiger partial charge in [0.05, 0.1) is 11.7 Å². The first-order valence-corrected chi connectivity index (χ1v) is 7.15. The molecule has 0 aliphatic carbocycles. The zero-order valence-corrected chi connectivity index (χ0v) is 13.2. The van der Waals surface area contributed by atoms with E-state index in [9.17, 15) is 0 Å². The first kappa shape index (κ1) is 13.9. The average molecular weight is 283 g/mol. The summed E-state index contributed by atoms with van der Waals surface area (Å²) in [6.07, 6.45) is 0. The van der Waals surface area contributed by atoms with Crippen LogP contribution in [-0.4, -0.2) is 9.78 Å². The molecule has 2 heterocycles. The molecule has 1 aromatic carbocycles. The Balaban J connectivity index is 2.17. The molecule has 0 saturated carbocycles. The summed E-state index contributed by atoms with van der Waals surface area (Å²) in [5.41, 5.74) is 12.8. The van der Waals surface area contributed by atoms with Gasteiger partial charge in [0.25, 0.3) is 0 Å². The molecule has 1 unspecified atom stereocenters. The third kappa shape index (κ3) is 2.07. The Hall–Kier alpha value is -2.07. The molecule has 0 bridgehead atoms. The number of furan rings is 1. The minimum Gasteiger partial charge on any atom is -0.459 e. The van der Waals surface area contributed by atoms with Crippen molar-refractivity contribution < 1.29 is 4.42 Å². The number of benzene rings is 1. The average Bonchev–Trinajstić information content (AvgIpc) is 2.87. The second-order valence-corrected chi connectivity index (χ2v) is 5.78. The van der Waals surface area contributed by atoms with Crippen LogP contribution in [0.1, 0.15) is 39.9 Å². The molecule has 0 aliphatic rings. The van der Waals surface area contributed by atoms with Gasteiger partial charge >= 0.3 is 0 Å². The highest BCUT2D eigenvalue weighted by Crippen LogP contribution is 2.33. The van der Waals surface area contributed by atoms with E-state index in [-0.39, 0.29) is 6.04 Å². The highest BCUT2D eigenvalue weighted by molar-refractivity contribution is 5.83. The van der Waals surface area contributed by atoms with Crippen LogP contribution >= 0.6 is 0 Å². The van der Waals surface area contributed by atoms with Gasteiger partial charge in [-0.1, -0.05) is 12.1 Å². The Labute approximate surface area is 124 Å². The van der Waals surface area contributed by atoms with Gasteiger partial charge in [-0.25, -0.2) is 0 Å². The van der Waals surface area contributed by atoms with Crippen LogP contribution in [0.15, 0.2) is 22.6 Å². The van der Waals surface area contributed by atoms with E-state index < -0.39 is 0 Å². The summed E-state index contributed by atoms with van der Waals surface area (Å²) in [6, 6.07) is 5.97. The first-order valence-electron chi connectivity index (χ1n) is 7.15. The van der Waals surface area contributed by atoms with Crippen molar-refractivity contribution in [1.82, 2.24) is 9.78 Å². The maximum atomic E-state index is 6.49. The van der Waals surface area contributed by atoms with Gasteiger partial charge in [0.2, 0.25) is 0 Å². The second-order valence-electron chi connectivity index (χ2n) is 5.78. The Kier molecular flexibility index (Phi) is 3.14. The second kappa shape index (κ2) is 4.74. The molecular weight excluding hydrogens is 262 g/mol. The fraction of sp³-hybridized carbons (Fsp3) is 0.353. The van der Waals surface area contributed by atoms with Crippen LogP contribution in [0, 0.1) is 27.7 Å². The molecule has 0 amide bonds. The minimum absolute atomic E-state index is 0.286. The van der Waals surface area contributed by atoms with Crippen LogP contribution in [0.25, 0.3) is 11.0 Å². The van der Waals surface area contributed by atoms with Gasteiger partial charge in [-0.3, -0.25) is 4.68 Å². The van der Waals surface area contributed by atoms with E-state index in [2.05, 4.69) is 37.1 Å². The van der Waals surface area contributed by atoms with Gasteiger partial charge in [0, 0.05) is 29.3 Å². The Morgan fingerprint density at radius 2 is 1.90 bits per heavy atom. The molecule has 110 valence electrons. The van der Waals surface area contributed by atoms with E-state index in [0.717, 1.165) is 39.2 Å². The molecule has 4 heteroatoms. The lowest BCUT2D eigenvalue weighted by molar-refractivity contribution is 0.519. The number of nitrogens with two attached hydrogens (primary N) is 1. The lowest BCUT2D eigenvalue weighted by Gasteiger charge is -2.11. The summed E-state index contributed by atoms with van der Waals surface area (Å²) in [7, 11) is 1.94. The van der Waals surface area contributed by atoms with Crippen LogP contribution in [0.2, 0.25) is 0 Å². The van der Waals surface area contributed by atoms with Crippen molar-refractivity contribution >= 4 is 11.0 Å². The molecule has 0 aliphatic heterocycles. The number of nitrogens with zero attached hydrogens (tertiary/aromatic N) is 2. The SMILES string of the molecule is Cc1ccc2c(C)c(C(N)c3c(C)nn(C)c3C)oc2c1. The van der Waals surface area contributed by atoms with Crippen molar-refractivity contribution in [3.63, 3.8) is 0 Å². The van der Waals surface area contributed by atoms with E-state index in [1.165, 1.54) is 5.56 Å². The first-order chi connectivity index (χ1) is 9.90. The number of hydrogen-bond donors (Lipinski definition) is 1. The predicted octanol–water partition coefficient (Wildman–Crippen LogP) is 3.45. The van der Waals surface area contributed by atoms with Crippen LogP contribution in [0.5, 0.6) is 0 Å². The minimum atomic E-state index is -0.286. The topological polar surface area (TPSA) is 57.0 Å². The van der Waals surface area contributed by atoms with Gasteiger partial charge in [-0.2, -0.15) is 5.10 Å². The largest absolute Gasteiger partial charge is 0.459 e. The Morgan fingerprint density at radius 3 is 2.52 bits per heavy atom. The van der Waals surface area contributed by atoms with Crippen molar-refractivity contribution in [1.29, 1.82) is 0 Å². The molecule has 2 aromatic heterocycles. The smallest absolute Gasteiger partial charge is 0.134 e. The molecule has 21 heavy (non-hydrogen) atoms. The van der Waals surface area contributed by atoms with E-state index in [1.807, 2.05) is 25.6 Å². The van der Waals surface area contributed by atoms with E-state index in [0.29, 0.717) is 0 Å². The van der Waals surface area contributed by atoms with Crippen molar-refractivity contribution in [3.8, 4) is 0 Å². The quantitative estimate of drug-likeness (QED) is 0.783. The molecule has 0 spiro atoms. The highest BCUT2D eigenvalue weighted by atomic mass is 16.3. The fourth-order valence-electron chi connectivity index (χ4n) is 3.02. The zero-order chi connectivity index (χ0) is 15.3. The van der Waals surface area contributed by atoms with Gasteiger partial charge in [0.15, 0.2) is 0 Å².